The van der Waals surface area contributed by atoms with Crippen LogP contribution in [0.3, 0.4) is 0 Å². The number of methoxy groups -OCH3 is 1. The lowest BCUT2D eigenvalue weighted by molar-refractivity contribution is -0.132. The van der Waals surface area contributed by atoms with E-state index in [9.17, 15) is 9.90 Å². The van der Waals surface area contributed by atoms with E-state index in [1.54, 1.807) is 13.3 Å². The molecule has 2 N–H and O–H groups in total. The van der Waals surface area contributed by atoms with Crippen LogP contribution in [0.15, 0.2) is 47.9 Å². The second kappa shape index (κ2) is 5.48. The average Bonchev–Trinajstić information content (AvgIpc) is 2.39. The van der Waals surface area contributed by atoms with Gasteiger partial charge in [0.05, 0.1) is 13.7 Å². The van der Waals surface area contributed by atoms with Crippen LogP contribution in [-0.2, 0) is 11.3 Å². The third-order valence-electron chi connectivity index (χ3n) is 2.89. The van der Waals surface area contributed by atoms with Crippen LogP contribution in [0.4, 0.5) is 0 Å². The van der Waals surface area contributed by atoms with E-state index in [0.717, 1.165) is 11.3 Å². The first-order chi connectivity index (χ1) is 9.10. The predicted molar refractivity (Wildman–Crippen MR) is 69.8 cm³/mol. The maximum atomic E-state index is 10.8. The number of benzene rings is 1. The van der Waals surface area contributed by atoms with Gasteiger partial charge in [0.25, 0.3) is 0 Å². The summed E-state index contributed by atoms with van der Waals surface area (Å²) in [4.78, 5) is 12.6. The Labute approximate surface area is 111 Å². The van der Waals surface area contributed by atoms with Crippen molar-refractivity contribution in [3.63, 3.8) is 0 Å². The van der Waals surface area contributed by atoms with Crippen LogP contribution >= 0.6 is 0 Å². The number of aliphatic carboxylic acids is 1. The fourth-order valence-corrected chi connectivity index (χ4v) is 1.88. The number of hydrogen-bond donors (Lipinski definition) is 2. The Morgan fingerprint density at radius 1 is 1.37 bits per heavy atom. The van der Waals surface area contributed by atoms with E-state index in [1.807, 2.05) is 29.2 Å². The van der Waals surface area contributed by atoms with Crippen molar-refractivity contribution in [3.05, 3.63) is 53.4 Å². The lowest BCUT2D eigenvalue weighted by atomic mass is 10.1. The van der Waals surface area contributed by atoms with Crippen molar-refractivity contribution in [2.45, 2.75) is 6.54 Å². The van der Waals surface area contributed by atoms with Gasteiger partial charge in [-0.05, 0) is 23.8 Å². The first kappa shape index (κ1) is 13.0. The van der Waals surface area contributed by atoms with E-state index >= 15 is 0 Å². The van der Waals surface area contributed by atoms with Gasteiger partial charge in [-0.25, -0.2) is 4.79 Å². The molecule has 0 aliphatic carbocycles. The summed E-state index contributed by atoms with van der Waals surface area (Å²) >= 11 is 0. The molecular weight excluding hydrogens is 246 g/mol. The van der Waals surface area contributed by atoms with E-state index in [-0.39, 0.29) is 17.9 Å². The van der Waals surface area contributed by atoms with Crippen molar-refractivity contribution >= 4 is 5.97 Å². The van der Waals surface area contributed by atoms with E-state index in [4.69, 9.17) is 9.84 Å². The van der Waals surface area contributed by atoms with Crippen LogP contribution in [0.2, 0.25) is 0 Å². The second-order valence-electron chi connectivity index (χ2n) is 4.23. The van der Waals surface area contributed by atoms with Crippen molar-refractivity contribution in [2.24, 2.45) is 0 Å². The van der Waals surface area contributed by atoms with Crippen molar-refractivity contribution in [1.29, 1.82) is 0 Å². The molecule has 0 spiro atoms. The number of ether oxygens (including phenoxy) is 1. The minimum atomic E-state index is -1.11. The molecule has 0 fully saturated rings. The minimum absolute atomic E-state index is 0.0500. The van der Waals surface area contributed by atoms with Gasteiger partial charge in [0.2, 0.25) is 0 Å². The van der Waals surface area contributed by atoms with Gasteiger partial charge in [-0.3, -0.25) is 0 Å². The highest BCUT2D eigenvalue weighted by Crippen LogP contribution is 2.17. The molecule has 1 aliphatic heterocycles. The molecular formula is C14H15NO4. The number of rotatable bonds is 4. The number of aliphatic hydroxyl groups excluding tert-OH is 1. The van der Waals surface area contributed by atoms with Gasteiger partial charge in [-0.2, -0.15) is 0 Å². The van der Waals surface area contributed by atoms with Gasteiger partial charge < -0.3 is 19.8 Å². The topological polar surface area (TPSA) is 70.0 Å². The molecule has 0 radical (unpaired) electrons. The summed E-state index contributed by atoms with van der Waals surface area (Å²) < 4.78 is 5.08. The Morgan fingerprint density at radius 2 is 2.05 bits per heavy atom. The fourth-order valence-electron chi connectivity index (χ4n) is 1.88. The van der Waals surface area contributed by atoms with Crippen molar-refractivity contribution in [3.8, 4) is 5.75 Å². The molecule has 0 atom stereocenters. The van der Waals surface area contributed by atoms with E-state index in [0.29, 0.717) is 6.54 Å². The number of aliphatic hydroxyl groups is 1. The highest BCUT2D eigenvalue weighted by molar-refractivity contribution is 5.90. The molecule has 1 heterocycles. The van der Waals surface area contributed by atoms with Gasteiger partial charge >= 0.3 is 5.97 Å². The quantitative estimate of drug-likeness (QED) is 0.866. The number of carbonyl (C=O) groups is 1. The molecule has 100 valence electrons. The molecule has 5 heteroatoms. The third-order valence-corrected chi connectivity index (χ3v) is 2.89. The molecule has 0 aromatic heterocycles. The Bertz CT molecular complexity index is 531. The maximum Gasteiger partial charge on any atom is 0.339 e. The van der Waals surface area contributed by atoms with Crippen molar-refractivity contribution in [1.82, 2.24) is 4.90 Å². The summed E-state index contributed by atoms with van der Waals surface area (Å²) in [5, 5.41) is 18.5. The molecule has 1 aromatic rings. The molecule has 5 nitrogen and oxygen atoms in total. The molecule has 1 aromatic carbocycles. The van der Waals surface area contributed by atoms with E-state index < -0.39 is 5.97 Å². The Hall–Kier alpha value is -2.43. The zero-order valence-electron chi connectivity index (χ0n) is 10.5. The van der Waals surface area contributed by atoms with Gasteiger partial charge in [0, 0.05) is 12.7 Å². The molecule has 0 saturated carbocycles. The standard InChI is InChI=1S/C14H15NO4/c1-19-11-4-2-10(3-5-11)8-15-7-6-12(14(17)18)13(16)9-15/h2-7,16H,8-9H2,1H3,(H,17,18). The molecule has 2 rings (SSSR count). The highest BCUT2D eigenvalue weighted by Gasteiger charge is 2.17. The molecule has 1 aliphatic rings. The Balaban J connectivity index is 2.02. The largest absolute Gasteiger partial charge is 0.510 e. The number of carboxylic acid groups (broad SMARTS) is 1. The molecule has 19 heavy (non-hydrogen) atoms. The van der Waals surface area contributed by atoms with Crippen LogP contribution < -0.4 is 4.74 Å². The highest BCUT2D eigenvalue weighted by atomic mass is 16.5. The van der Waals surface area contributed by atoms with E-state index in [1.165, 1.54) is 6.08 Å². The number of nitrogens with zero attached hydrogens (tertiary/aromatic N) is 1. The number of hydrogen-bond acceptors (Lipinski definition) is 4. The lowest BCUT2D eigenvalue weighted by Gasteiger charge is -2.23. The van der Waals surface area contributed by atoms with Crippen molar-refractivity contribution < 1.29 is 19.7 Å². The normalized spacial score (nSPS) is 14.7. The zero-order valence-corrected chi connectivity index (χ0v) is 10.5. The van der Waals surface area contributed by atoms with Gasteiger partial charge in [-0.15, -0.1) is 0 Å². The van der Waals surface area contributed by atoms with Crippen LogP contribution in [0.1, 0.15) is 5.56 Å². The van der Waals surface area contributed by atoms with Crippen LogP contribution in [-0.4, -0.2) is 34.7 Å². The predicted octanol–water partition coefficient (Wildman–Crippen LogP) is 1.92. The van der Waals surface area contributed by atoms with Gasteiger partial charge in [-0.1, -0.05) is 12.1 Å². The average molecular weight is 261 g/mol. The van der Waals surface area contributed by atoms with E-state index in [2.05, 4.69) is 0 Å². The Kier molecular flexibility index (Phi) is 3.75. The van der Waals surface area contributed by atoms with Crippen LogP contribution in [0, 0.1) is 0 Å². The third kappa shape index (κ3) is 3.07. The zero-order chi connectivity index (χ0) is 13.8. The first-order valence-electron chi connectivity index (χ1n) is 5.80. The number of carboxylic acids is 1. The van der Waals surface area contributed by atoms with Crippen molar-refractivity contribution in [2.75, 3.05) is 13.7 Å². The maximum absolute atomic E-state index is 10.8. The smallest absolute Gasteiger partial charge is 0.339 e. The summed E-state index contributed by atoms with van der Waals surface area (Å²) in [7, 11) is 1.61. The summed E-state index contributed by atoms with van der Waals surface area (Å²) in [6, 6.07) is 7.59. The van der Waals surface area contributed by atoms with Gasteiger partial charge in [0.15, 0.2) is 0 Å². The van der Waals surface area contributed by atoms with Gasteiger partial charge in [0.1, 0.15) is 17.1 Å². The monoisotopic (exact) mass is 261 g/mol. The second-order valence-corrected chi connectivity index (χ2v) is 4.23. The Morgan fingerprint density at radius 3 is 2.58 bits per heavy atom. The summed E-state index contributed by atoms with van der Waals surface area (Å²) in [5.41, 5.74) is 1.00. The summed E-state index contributed by atoms with van der Waals surface area (Å²) in [6.07, 6.45) is 3.08. The SMILES string of the molecule is COc1ccc(CN2C=CC(C(=O)O)=C(O)C2)cc1. The molecule has 0 amide bonds. The molecule has 0 saturated heterocycles. The lowest BCUT2D eigenvalue weighted by Crippen LogP contribution is -2.24. The first-order valence-corrected chi connectivity index (χ1v) is 5.80. The molecule has 0 unspecified atom stereocenters. The van der Waals surface area contributed by atoms with Crippen LogP contribution in [0.25, 0.3) is 0 Å². The van der Waals surface area contributed by atoms with Crippen LogP contribution in [0.5, 0.6) is 5.75 Å². The minimum Gasteiger partial charge on any atom is -0.510 e. The fraction of sp³-hybridized carbons (Fsp3) is 0.214. The summed E-state index contributed by atoms with van der Waals surface area (Å²) in [6.45, 7) is 0.793. The summed E-state index contributed by atoms with van der Waals surface area (Å²) in [5.74, 6) is -0.449. The molecule has 0 bridgehead atoms.